The fourth-order valence-electron chi connectivity index (χ4n) is 2.79. The van der Waals surface area contributed by atoms with Crippen molar-refractivity contribution in [1.82, 2.24) is 15.5 Å². The van der Waals surface area contributed by atoms with Gasteiger partial charge in [-0.25, -0.2) is 0 Å². The standard InChI is InChI=1S/C14H27N3O3/c1-14(2,17-4-6-20-7-5-17)10-16-13(18)12-8-11(19-3)9-15-12/h11-12,15H,4-10H2,1-3H3,(H,16,18). The number of amides is 1. The maximum absolute atomic E-state index is 12.2. The maximum atomic E-state index is 12.2. The van der Waals surface area contributed by atoms with Crippen LogP contribution in [0.1, 0.15) is 20.3 Å². The molecule has 0 aromatic rings. The molecule has 0 spiro atoms. The van der Waals surface area contributed by atoms with Gasteiger partial charge in [-0.1, -0.05) is 0 Å². The lowest BCUT2D eigenvalue weighted by Crippen LogP contribution is -2.56. The summed E-state index contributed by atoms with van der Waals surface area (Å²) in [5, 5.41) is 6.27. The molecule has 2 saturated heterocycles. The third-order valence-corrected chi connectivity index (χ3v) is 4.30. The molecule has 2 rings (SSSR count). The number of hydrogen-bond donors (Lipinski definition) is 2. The second-order valence-corrected chi connectivity index (χ2v) is 6.18. The van der Waals surface area contributed by atoms with E-state index in [1.807, 2.05) is 0 Å². The third kappa shape index (κ3) is 3.91. The van der Waals surface area contributed by atoms with E-state index in [2.05, 4.69) is 29.4 Å². The molecule has 0 aromatic heterocycles. The molecule has 2 N–H and O–H groups in total. The van der Waals surface area contributed by atoms with Gasteiger partial charge in [0.05, 0.1) is 25.4 Å². The Balaban J connectivity index is 1.77. The first-order chi connectivity index (χ1) is 9.53. The van der Waals surface area contributed by atoms with Crippen LogP contribution in [-0.2, 0) is 14.3 Å². The summed E-state index contributed by atoms with van der Waals surface area (Å²) in [6, 6.07) is -0.125. The monoisotopic (exact) mass is 285 g/mol. The molecule has 2 aliphatic heterocycles. The van der Waals surface area contributed by atoms with Gasteiger partial charge in [0, 0.05) is 38.8 Å². The predicted octanol–water partition coefficient (Wildman–Crippen LogP) is -0.410. The van der Waals surface area contributed by atoms with Crippen LogP contribution in [0.3, 0.4) is 0 Å². The van der Waals surface area contributed by atoms with Gasteiger partial charge in [0.15, 0.2) is 0 Å². The minimum atomic E-state index is -0.125. The Kier molecular flexibility index (Phi) is 5.37. The number of methoxy groups -OCH3 is 1. The Labute approximate surface area is 121 Å². The minimum Gasteiger partial charge on any atom is -0.380 e. The molecule has 116 valence electrons. The third-order valence-electron chi connectivity index (χ3n) is 4.30. The second kappa shape index (κ2) is 6.85. The van der Waals surface area contributed by atoms with Gasteiger partial charge in [-0.3, -0.25) is 9.69 Å². The second-order valence-electron chi connectivity index (χ2n) is 6.18. The van der Waals surface area contributed by atoms with Crippen molar-refractivity contribution in [2.45, 2.75) is 38.0 Å². The first-order valence-corrected chi connectivity index (χ1v) is 7.39. The molecule has 20 heavy (non-hydrogen) atoms. The highest BCUT2D eigenvalue weighted by molar-refractivity contribution is 5.82. The van der Waals surface area contributed by atoms with Crippen LogP contribution in [0.4, 0.5) is 0 Å². The molecule has 2 heterocycles. The fourth-order valence-corrected chi connectivity index (χ4v) is 2.79. The van der Waals surface area contributed by atoms with E-state index in [-0.39, 0.29) is 23.6 Å². The van der Waals surface area contributed by atoms with Gasteiger partial charge in [-0.05, 0) is 20.3 Å². The minimum absolute atomic E-state index is 0.0430. The van der Waals surface area contributed by atoms with Crippen LogP contribution in [0.25, 0.3) is 0 Å². The van der Waals surface area contributed by atoms with Gasteiger partial charge in [0.1, 0.15) is 0 Å². The van der Waals surface area contributed by atoms with E-state index < -0.39 is 0 Å². The van der Waals surface area contributed by atoms with E-state index in [1.165, 1.54) is 0 Å². The molecule has 2 fully saturated rings. The number of nitrogens with one attached hydrogen (secondary N) is 2. The number of rotatable bonds is 5. The molecule has 0 bridgehead atoms. The summed E-state index contributed by atoms with van der Waals surface area (Å²) < 4.78 is 10.6. The van der Waals surface area contributed by atoms with Crippen molar-refractivity contribution in [2.24, 2.45) is 0 Å². The van der Waals surface area contributed by atoms with Crippen LogP contribution in [0, 0.1) is 0 Å². The van der Waals surface area contributed by atoms with Crippen LogP contribution in [-0.4, -0.2) is 75.0 Å². The first kappa shape index (κ1) is 15.7. The van der Waals surface area contributed by atoms with Crippen LogP contribution in [0.5, 0.6) is 0 Å². The van der Waals surface area contributed by atoms with E-state index >= 15 is 0 Å². The number of morpholine rings is 1. The molecule has 6 heteroatoms. The lowest BCUT2D eigenvalue weighted by molar-refractivity contribution is -0.123. The van der Waals surface area contributed by atoms with E-state index in [1.54, 1.807) is 7.11 Å². The Morgan fingerprint density at radius 2 is 2.15 bits per heavy atom. The molecule has 2 unspecified atom stereocenters. The first-order valence-electron chi connectivity index (χ1n) is 7.39. The SMILES string of the molecule is COC1CNC(C(=O)NCC(C)(C)N2CCOCC2)C1. The van der Waals surface area contributed by atoms with E-state index in [0.717, 1.165) is 39.3 Å². The summed E-state index contributed by atoms with van der Waals surface area (Å²) in [5.41, 5.74) is -0.0430. The van der Waals surface area contributed by atoms with E-state index in [4.69, 9.17) is 9.47 Å². The van der Waals surface area contributed by atoms with Crippen molar-refractivity contribution in [3.63, 3.8) is 0 Å². The highest BCUT2D eigenvalue weighted by Gasteiger charge is 2.32. The molecule has 0 saturated carbocycles. The molecule has 0 radical (unpaired) electrons. The van der Waals surface area contributed by atoms with Crippen LogP contribution in [0.2, 0.25) is 0 Å². The summed E-state index contributed by atoms with van der Waals surface area (Å²) in [7, 11) is 1.69. The fraction of sp³-hybridized carbons (Fsp3) is 0.929. The van der Waals surface area contributed by atoms with Gasteiger partial charge < -0.3 is 20.1 Å². The van der Waals surface area contributed by atoms with Crippen LogP contribution < -0.4 is 10.6 Å². The van der Waals surface area contributed by atoms with Gasteiger partial charge >= 0.3 is 0 Å². The smallest absolute Gasteiger partial charge is 0.237 e. The molecule has 0 aromatic carbocycles. The Morgan fingerprint density at radius 1 is 1.45 bits per heavy atom. The Bertz CT molecular complexity index is 330. The van der Waals surface area contributed by atoms with E-state index in [0.29, 0.717) is 6.54 Å². The summed E-state index contributed by atoms with van der Waals surface area (Å²) in [4.78, 5) is 14.5. The number of ether oxygens (including phenoxy) is 2. The molecule has 6 nitrogen and oxygen atoms in total. The van der Waals surface area contributed by atoms with Crippen molar-refractivity contribution in [3.05, 3.63) is 0 Å². The average molecular weight is 285 g/mol. The zero-order chi connectivity index (χ0) is 14.6. The van der Waals surface area contributed by atoms with Gasteiger partial charge in [-0.2, -0.15) is 0 Å². The lowest BCUT2D eigenvalue weighted by atomic mass is 10.0. The van der Waals surface area contributed by atoms with Gasteiger partial charge in [0.2, 0.25) is 5.91 Å². The van der Waals surface area contributed by atoms with Crippen molar-refractivity contribution in [1.29, 1.82) is 0 Å². The molecule has 0 aliphatic carbocycles. The normalized spacial score (nSPS) is 28.6. The molecule has 2 aliphatic rings. The van der Waals surface area contributed by atoms with Gasteiger partial charge in [-0.15, -0.1) is 0 Å². The van der Waals surface area contributed by atoms with Crippen molar-refractivity contribution in [3.8, 4) is 0 Å². The summed E-state index contributed by atoms with van der Waals surface area (Å²) >= 11 is 0. The van der Waals surface area contributed by atoms with Crippen molar-refractivity contribution >= 4 is 5.91 Å². The zero-order valence-corrected chi connectivity index (χ0v) is 12.8. The summed E-state index contributed by atoms with van der Waals surface area (Å²) in [6.07, 6.45) is 0.901. The van der Waals surface area contributed by atoms with Gasteiger partial charge in [0.25, 0.3) is 0 Å². The molecular formula is C14H27N3O3. The van der Waals surface area contributed by atoms with E-state index in [9.17, 15) is 4.79 Å². The summed E-state index contributed by atoms with van der Waals surface area (Å²) in [5.74, 6) is 0.0749. The average Bonchev–Trinajstić information content (AvgIpc) is 2.95. The van der Waals surface area contributed by atoms with Crippen LogP contribution >= 0.6 is 0 Å². The number of hydrogen-bond acceptors (Lipinski definition) is 5. The quantitative estimate of drug-likeness (QED) is 0.719. The summed E-state index contributed by atoms with van der Waals surface area (Å²) in [6.45, 7) is 9.14. The Hall–Kier alpha value is -0.690. The molecule has 2 atom stereocenters. The lowest BCUT2D eigenvalue weighted by Gasteiger charge is -2.41. The number of carbonyl (C=O) groups excluding carboxylic acids is 1. The number of nitrogens with zero attached hydrogens (tertiary/aromatic N) is 1. The van der Waals surface area contributed by atoms with Crippen molar-refractivity contribution in [2.75, 3.05) is 46.5 Å². The highest BCUT2D eigenvalue weighted by Crippen LogP contribution is 2.16. The number of carbonyl (C=O) groups is 1. The molecular weight excluding hydrogens is 258 g/mol. The van der Waals surface area contributed by atoms with Crippen LogP contribution in [0.15, 0.2) is 0 Å². The Morgan fingerprint density at radius 3 is 2.75 bits per heavy atom. The maximum Gasteiger partial charge on any atom is 0.237 e. The topological polar surface area (TPSA) is 62.8 Å². The zero-order valence-electron chi connectivity index (χ0n) is 12.8. The highest BCUT2D eigenvalue weighted by atomic mass is 16.5. The molecule has 1 amide bonds. The largest absolute Gasteiger partial charge is 0.380 e. The predicted molar refractivity (Wildman–Crippen MR) is 76.7 cm³/mol. The van der Waals surface area contributed by atoms with Crippen molar-refractivity contribution < 1.29 is 14.3 Å².